The lowest BCUT2D eigenvalue weighted by molar-refractivity contribution is -0.116. The van der Waals surface area contributed by atoms with Crippen LogP contribution >= 0.6 is 23.2 Å². The molecule has 1 N–H and O–H groups in total. The normalized spacial score (nSPS) is 10.6. The van der Waals surface area contributed by atoms with Crippen LogP contribution in [-0.4, -0.2) is 23.2 Å². The highest BCUT2D eigenvalue weighted by Gasteiger charge is 2.12. The van der Waals surface area contributed by atoms with Gasteiger partial charge in [0.15, 0.2) is 0 Å². The van der Waals surface area contributed by atoms with Crippen LogP contribution in [0.15, 0.2) is 47.0 Å². The van der Waals surface area contributed by atoms with Crippen molar-refractivity contribution in [2.24, 2.45) is 0 Å². The summed E-state index contributed by atoms with van der Waals surface area (Å²) in [6, 6.07) is 12.2. The first-order valence-electron chi connectivity index (χ1n) is 7.77. The molecule has 0 aliphatic heterocycles. The molecule has 0 aliphatic carbocycles. The van der Waals surface area contributed by atoms with E-state index in [1.807, 2.05) is 24.3 Å². The molecule has 2 aromatic carbocycles. The summed E-state index contributed by atoms with van der Waals surface area (Å²) in [7, 11) is 1.59. The van der Waals surface area contributed by atoms with Crippen LogP contribution in [0.5, 0.6) is 5.75 Å². The Bertz CT molecular complexity index is 928. The first kappa shape index (κ1) is 18.2. The summed E-state index contributed by atoms with van der Waals surface area (Å²) in [6.07, 6.45) is 0.518. The molecule has 3 aromatic rings. The fraction of sp³-hybridized carbons (Fsp3) is 0.167. The maximum Gasteiger partial charge on any atom is 0.227 e. The number of rotatable bonds is 6. The van der Waals surface area contributed by atoms with Crippen LogP contribution < -0.4 is 10.1 Å². The zero-order valence-corrected chi connectivity index (χ0v) is 15.3. The number of amides is 1. The second-order valence-electron chi connectivity index (χ2n) is 5.42. The van der Waals surface area contributed by atoms with Gasteiger partial charge >= 0.3 is 0 Å². The largest absolute Gasteiger partial charge is 0.497 e. The van der Waals surface area contributed by atoms with Gasteiger partial charge in [-0.1, -0.05) is 40.5 Å². The van der Waals surface area contributed by atoms with Crippen molar-refractivity contribution in [3.63, 3.8) is 0 Å². The summed E-state index contributed by atoms with van der Waals surface area (Å²) in [6.45, 7) is 0. The highest BCUT2D eigenvalue weighted by Crippen LogP contribution is 2.25. The Kier molecular flexibility index (Phi) is 5.75. The molecule has 1 aromatic heterocycles. The van der Waals surface area contributed by atoms with E-state index in [-0.39, 0.29) is 12.3 Å². The zero-order valence-electron chi connectivity index (χ0n) is 13.8. The number of nitrogens with one attached hydrogen (secondary N) is 1. The van der Waals surface area contributed by atoms with Crippen molar-refractivity contribution in [3.05, 3.63) is 58.4 Å². The number of aryl methyl sites for hydroxylation is 1. The minimum Gasteiger partial charge on any atom is -0.497 e. The van der Waals surface area contributed by atoms with Gasteiger partial charge in [-0.3, -0.25) is 4.79 Å². The Labute approximate surface area is 160 Å². The second kappa shape index (κ2) is 8.21. The molecule has 0 aliphatic rings. The minimum absolute atomic E-state index is 0.190. The number of methoxy groups -OCH3 is 1. The Hall–Kier alpha value is -2.57. The highest BCUT2D eigenvalue weighted by atomic mass is 35.5. The van der Waals surface area contributed by atoms with Crippen molar-refractivity contribution < 1.29 is 14.1 Å². The Morgan fingerprint density at radius 3 is 2.81 bits per heavy atom. The van der Waals surface area contributed by atoms with Crippen molar-refractivity contribution in [3.8, 4) is 17.1 Å². The maximum absolute atomic E-state index is 12.0. The molecule has 8 heteroatoms. The van der Waals surface area contributed by atoms with E-state index in [0.717, 1.165) is 5.56 Å². The van der Waals surface area contributed by atoms with E-state index < -0.39 is 0 Å². The lowest BCUT2D eigenvalue weighted by Crippen LogP contribution is -2.12. The van der Waals surface area contributed by atoms with Crippen molar-refractivity contribution in [1.29, 1.82) is 0 Å². The van der Waals surface area contributed by atoms with Crippen molar-refractivity contribution in [2.45, 2.75) is 12.8 Å². The van der Waals surface area contributed by atoms with Gasteiger partial charge in [-0.25, -0.2) is 0 Å². The molecule has 0 spiro atoms. The van der Waals surface area contributed by atoms with Crippen LogP contribution in [0.1, 0.15) is 12.3 Å². The monoisotopic (exact) mass is 391 g/mol. The van der Waals surface area contributed by atoms with Gasteiger partial charge in [-0.05, 0) is 30.3 Å². The van der Waals surface area contributed by atoms with Gasteiger partial charge < -0.3 is 14.6 Å². The van der Waals surface area contributed by atoms with Crippen LogP contribution in [0.4, 0.5) is 5.69 Å². The third-order valence-corrected chi connectivity index (χ3v) is 4.30. The van der Waals surface area contributed by atoms with Gasteiger partial charge in [0.2, 0.25) is 17.6 Å². The summed E-state index contributed by atoms with van der Waals surface area (Å²) in [5.41, 5.74) is 1.35. The van der Waals surface area contributed by atoms with E-state index in [2.05, 4.69) is 15.5 Å². The number of anilines is 1. The van der Waals surface area contributed by atoms with Gasteiger partial charge in [0.05, 0.1) is 17.2 Å². The van der Waals surface area contributed by atoms with Crippen LogP contribution in [0, 0.1) is 0 Å². The number of nitrogens with zero attached hydrogens (tertiary/aromatic N) is 2. The summed E-state index contributed by atoms with van der Waals surface area (Å²) in [5, 5.41) is 7.50. The standard InChI is InChI=1S/C18H15Cl2N3O3/c1-25-13-4-2-3-11(9-13)18-22-17(26-23-18)8-7-16(24)21-12-5-6-14(19)15(20)10-12/h2-6,9-10H,7-8H2,1H3,(H,21,24). The fourth-order valence-electron chi connectivity index (χ4n) is 2.25. The van der Waals surface area contributed by atoms with Gasteiger partial charge in [-0.2, -0.15) is 4.98 Å². The highest BCUT2D eigenvalue weighted by molar-refractivity contribution is 6.42. The Morgan fingerprint density at radius 2 is 2.04 bits per heavy atom. The summed E-state index contributed by atoms with van der Waals surface area (Å²) in [4.78, 5) is 16.4. The molecule has 0 unspecified atom stereocenters. The number of halogens is 2. The molecule has 0 atom stereocenters. The molecule has 1 amide bonds. The minimum atomic E-state index is -0.190. The molecule has 0 fully saturated rings. The second-order valence-corrected chi connectivity index (χ2v) is 6.24. The van der Waals surface area contributed by atoms with E-state index in [4.69, 9.17) is 32.5 Å². The third-order valence-electron chi connectivity index (χ3n) is 3.57. The molecule has 0 radical (unpaired) electrons. The topological polar surface area (TPSA) is 77.2 Å². The molecule has 26 heavy (non-hydrogen) atoms. The van der Waals surface area contributed by atoms with E-state index in [9.17, 15) is 4.79 Å². The van der Waals surface area contributed by atoms with E-state index in [0.29, 0.717) is 39.6 Å². The maximum atomic E-state index is 12.0. The average Bonchev–Trinajstić information content (AvgIpc) is 3.12. The molecule has 6 nitrogen and oxygen atoms in total. The molecule has 134 valence electrons. The number of hydrogen-bond donors (Lipinski definition) is 1. The van der Waals surface area contributed by atoms with Gasteiger partial charge in [-0.15, -0.1) is 0 Å². The number of ether oxygens (including phenoxy) is 1. The lowest BCUT2D eigenvalue weighted by atomic mass is 10.2. The van der Waals surface area contributed by atoms with Crippen LogP contribution in [-0.2, 0) is 11.2 Å². The van der Waals surface area contributed by atoms with Crippen molar-refractivity contribution in [1.82, 2.24) is 10.1 Å². The SMILES string of the molecule is COc1cccc(-c2noc(CCC(=O)Nc3ccc(Cl)c(Cl)c3)n2)c1. The van der Waals surface area contributed by atoms with E-state index in [1.54, 1.807) is 25.3 Å². The fourth-order valence-corrected chi connectivity index (χ4v) is 2.55. The Morgan fingerprint density at radius 1 is 1.19 bits per heavy atom. The van der Waals surface area contributed by atoms with Crippen molar-refractivity contribution in [2.75, 3.05) is 12.4 Å². The molecule has 0 bridgehead atoms. The lowest BCUT2D eigenvalue weighted by Gasteiger charge is -2.05. The third kappa shape index (κ3) is 4.53. The predicted octanol–water partition coefficient (Wildman–Crippen LogP) is 4.62. The summed E-state index contributed by atoms with van der Waals surface area (Å²) >= 11 is 11.8. The molecular formula is C18H15Cl2N3O3. The number of aromatic nitrogens is 2. The molecule has 1 heterocycles. The first-order valence-corrected chi connectivity index (χ1v) is 8.52. The van der Waals surface area contributed by atoms with Crippen LogP contribution in [0.2, 0.25) is 10.0 Å². The summed E-state index contributed by atoms with van der Waals surface area (Å²) in [5.74, 6) is 1.34. The smallest absolute Gasteiger partial charge is 0.227 e. The summed E-state index contributed by atoms with van der Waals surface area (Å²) < 4.78 is 10.4. The predicted molar refractivity (Wildman–Crippen MR) is 99.7 cm³/mol. The van der Waals surface area contributed by atoms with E-state index >= 15 is 0 Å². The molecule has 0 saturated carbocycles. The van der Waals surface area contributed by atoms with E-state index in [1.165, 1.54) is 0 Å². The van der Waals surface area contributed by atoms with Crippen LogP contribution in [0.3, 0.4) is 0 Å². The number of benzene rings is 2. The van der Waals surface area contributed by atoms with Crippen molar-refractivity contribution >= 4 is 34.8 Å². The number of carbonyl (C=O) groups is 1. The molecule has 3 rings (SSSR count). The quantitative estimate of drug-likeness (QED) is 0.662. The van der Waals surface area contributed by atoms with Gasteiger partial charge in [0, 0.05) is 24.1 Å². The number of carbonyl (C=O) groups excluding carboxylic acids is 1. The number of hydrogen-bond acceptors (Lipinski definition) is 5. The zero-order chi connectivity index (χ0) is 18.5. The van der Waals surface area contributed by atoms with Gasteiger partial charge in [0.1, 0.15) is 5.75 Å². The first-order chi connectivity index (χ1) is 12.5. The van der Waals surface area contributed by atoms with Gasteiger partial charge in [0.25, 0.3) is 0 Å². The molecular weight excluding hydrogens is 377 g/mol. The van der Waals surface area contributed by atoms with Crippen LogP contribution in [0.25, 0.3) is 11.4 Å². The average molecular weight is 392 g/mol. The molecule has 0 saturated heterocycles. The Balaban J connectivity index is 1.58.